The molecule has 1 aromatic heterocycles. The van der Waals surface area contributed by atoms with Gasteiger partial charge in [0.25, 0.3) is 5.89 Å². The number of amides is 1. The monoisotopic (exact) mass is 323 g/mol. The van der Waals surface area contributed by atoms with Crippen LogP contribution in [-0.2, 0) is 6.54 Å². The van der Waals surface area contributed by atoms with Gasteiger partial charge in [0.2, 0.25) is 0 Å². The van der Waals surface area contributed by atoms with Gasteiger partial charge in [-0.3, -0.25) is 4.79 Å². The highest BCUT2D eigenvalue weighted by atomic mass is 16.5. The van der Waals surface area contributed by atoms with Gasteiger partial charge in [-0.25, -0.2) is 0 Å². The molecule has 0 saturated heterocycles. The molecule has 24 heavy (non-hydrogen) atoms. The van der Waals surface area contributed by atoms with Crippen LogP contribution in [0.4, 0.5) is 0 Å². The third-order valence-corrected chi connectivity index (χ3v) is 3.53. The molecule has 0 aliphatic heterocycles. The lowest BCUT2D eigenvalue weighted by Crippen LogP contribution is -2.23. The number of hydrogen-bond acceptors (Lipinski definition) is 5. The maximum atomic E-state index is 12.1. The van der Waals surface area contributed by atoms with E-state index in [9.17, 15) is 4.79 Å². The molecule has 6 nitrogen and oxygen atoms in total. The van der Waals surface area contributed by atoms with E-state index >= 15 is 0 Å². The Hall–Kier alpha value is -3.15. The Morgan fingerprint density at radius 2 is 1.88 bits per heavy atom. The first kappa shape index (κ1) is 15.7. The average molecular weight is 323 g/mol. The van der Waals surface area contributed by atoms with Crippen LogP contribution in [0.1, 0.15) is 21.8 Å². The van der Waals surface area contributed by atoms with Crippen molar-refractivity contribution in [2.45, 2.75) is 13.5 Å². The van der Waals surface area contributed by atoms with E-state index in [2.05, 4.69) is 15.5 Å². The van der Waals surface area contributed by atoms with E-state index in [-0.39, 0.29) is 11.8 Å². The third-order valence-electron chi connectivity index (χ3n) is 3.53. The number of carbonyl (C=O) groups excluding carboxylic acids is 1. The quantitative estimate of drug-likeness (QED) is 0.781. The van der Waals surface area contributed by atoms with E-state index in [0.717, 1.165) is 5.56 Å². The summed E-state index contributed by atoms with van der Waals surface area (Å²) in [5.74, 6) is 0.355. The van der Waals surface area contributed by atoms with Gasteiger partial charge in [0.05, 0.1) is 12.7 Å². The number of hydrogen-bond donors (Lipinski definition) is 1. The molecule has 0 unspecified atom stereocenters. The van der Waals surface area contributed by atoms with Crippen LogP contribution in [0.15, 0.2) is 52.9 Å². The van der Waals surface area contributed by atoms with Gasteiger partial charge in [0.1, 0.15) is 5.75 Å². The van der Waals surface area contributed by atoms with Gasteiger partial charge in [-0.15, -0.1) is 10.2 Å². The second-order valence-electron chi connectivity index (χ2n) is 5.28. The highest BCUT2D eigenvalue weighted by Gasteiger charge is 2.17. The van der Waals surface area contributed by atoms with Crippen LogP contribution in [0.5, 0.6) is 5.75 Å². The van der Waals surface area contributed by atoms with Crippen molar-refractivity contribution in [1.82, 2.24) is 15.5 Å². The smallest absolute Gasteiger partial charge is 0.309 e. The maximum absolute atomic E-state index is 12.1. The number of rotatable bonds is 5. The lowest BCUT2D eigenvalue weighted by molar-refractivity contribution is 0.0917. The second kappa shape index (κ2) is 6.95. The molecule has 3 aromatic rings. The molecule has 0 bridgehead atoms. The van der Waals surface area contributed by atoms with Crippen molar-refractivity contribution in [3.05, 3.63) is 65.5 Å². The average Bonchev–Trinajstić information content (AvgIpc) is 3.11. The van der Waals surface area contributed by atoms with Crippen molar-refractivity contribution in [3.63, 3.8) is 0 Å². The Morgan fingerprint density at radius 1 is 1.12 bits per heavy atom. The predicted octanol–water partition coefficient (Wildman–Crippen LogP) is 2.98. The summed E-state index contributed by atoms with van der Waals surface area (Å²) in [6.45, 7) is 2.41. The van der Waals surface area contributed by atoms with Gasteiger partial charge >= 0.3 is 11.8 Å². The second-order valence-corrected chi connectivity index (χ2v) is 5.28. The van der Waals surface area contributed by atoms with Crippen molar-refractivity contribution in [1.29, 1.82) is 0 Å². The Balaban J connectivity index is 1.70. The summed E-state index contributed by atoms with van der Waals surface area (Å²) in [6, 6.07) is 15.2. The van der Waals surface area contributed by atoms with E-state index in [4.69, 9.17) is 9.15 Å². The van der Waals surface area contributed by atoms with E-state index < -0.39 is 5.91 Å². The Labute approximate surface area is 139 Å². The zero-order valence-corrected chi connectivity index (χ0v) is 13.4. The molecule has 0 spiro atoms. The number of aromatic nitrogens is 2. The van der Waals surface area contributed by atoms with Crippen LogP contribution in [-0.4, -0.2) is 23.2 Å². The minimum absolute atomic E-state index is 0.0805. The summed E-state index contributed by atoms with van der Waals surface area (Å²) in [5.41, 5.74) is 2.81. The number of carbonyl (C=O) groups is 1. The first-order chi connectivity index (χ1) is 11.7. The van der Waals surface area contributed by atoms with Gasteiger partial charge in [-0.05, 0) is 24.6 Å². The Morgan fingerprint density at radius 3 is 2.62 bits per heavy atom. The van der Waals surface area contributed by atoms with Crippen LogP contribution in [0.2, 0.25) is 0 Å². The lowest BCUT2D eigenvalue weighted by atomic mass is 10.1. The summed E-state index contributed by atoms with van der Waals surface area (Å²) in [6.07, 6.45) is 0. The van der Waals surface area contributed by atoms with Crippen molar-refractivity contribution in [3.8, 4) is 17.2 Å². The Kier molecular flexibility index (Phi) is 4.56. The zero-order valence-electron chi connectivity index (χ0n) is 13.4. The molecule has 1 heterocycles. The summed E-state index contributed by atoms with van der Waals surface area (Å²) < 4.78 is 10.7. The topological polar surface area (TPSA) is 77.2 Å². The highest BCUT2D eigenvalue weighted by Crippen LogP contribution is 2.28. The first-order valence-electron chi connectivity index (χ1n) is 7.48. The minimum Gasteiger partial charge on any atom is -0.496 e. The largest absolute Gasteiger partial charge is 0.496 e. The van der Waals surface area contributed by atoms with E-state index in [1.54, 1.807) is 19.2 Å². The minimum atomic E-state index is -0.413. The van der Waals surface area contributed by atoms with Crippen molar-refractivity contribution >= 4 is 5.91 Å². The van der Waals surface area contributed by atoms with Gasteiger partial charge < -0.3 is 14.5 Å². The van der Waals surface area contributed by atoms with Gasteiger partial charge in [-0.1, -0.05) is 42.0 Å². The number of nitrogens with zero attached hydrogens (tertiary/aromatic N) is 2. The van der Waals surface area contributed by atoms with E-state index in [1.807, 2.05) is 43.3 Å². The Bertz CT molecular complexity index is 841. The molecule has 0 fully saturated rings. The van der Waals surface area contributed by atoms with Crippen molar-refractivity contribution in [2.24, 2.45) is 0 Å². The van der Waals surface area contributed by atoms with Crippen LogP contribution in [0.3, 0.4) is 0 Å². The molecule has 6 heteroatoms. The number of aryl methyl sites for hydroxylation is 1. The van der Waals surface area contributed by atoms with E-state index in [1.165, 1.54) is 5.56 Å². The van der Waals surface area contributed by atoms with Gasteiger partial charge in [-0.2, -0.15) is 0 Å². The molecule has 1 N–H and O–H groups in total. The summed E-state index contributed by atoms with van der Waals surface area (Å²) in [4.78, 5) is 12.1. The molecule has 2 aromatic carbocycles. The fraction of sp³-hybridized carbons (Fsp3) is 0.167. The number of methoxy groups -OCH3 is 1. The zero-order chi connectivity index (χ0) is 16.9. The summed E-state index contributed by atoms with van der Waals surface area (Å²) >= 11 is 0. The number of nitrogens with one attached hydrogen (secondary N) is 1. The number of ether oxygens (including phenoxy) is 1. The third kappa shape index (κ3) is 3.43. The SMILES string of the molecule is COc1ccccc1-c1nnc(C(=O)NCc2ccc(C)cc2)o1. The predicted molar refractivity (Wildman–Crippen MR) is 88.6 cm³/mol. The molecule has 0 atom stereocenters. The number of benzene rings is 2. The maximum Gasteiger partial charge on any atom is 0.309 e. The van der Waals surface area contributed by atoms with Gasteiger partial charge in [0, 0.05) is 6.54 Å². The van der Waals surface area contributed by atoms with Crippen molar-refractivity contribution in [2.75, 3.05) is 7.11 Å². The first-order valence-corrected chi connectivity index (χ1v) is 7.48. The van der Waals surface area contributed by atoms with Crippen molar-refractivity contribution < 1.29 is 13.9 Å². The summed E-state index contributed by atoms with van der Waals surface area (Å²) in [7, 11) is 1.56. The normalized spacial score (nSPS) is 10.4. The molecular formula is C18H17N3O3. The highest BCUT2D eigenvalue weighted by molar-refractivity contribution is 5.89. The molecule has 0 radical (unpaired) electrons. The van der Waals surface area contributed by atoms with Crippen LogP contribution in [0.25, 0.3) is 11.5 Å². The van der Waals surface area contributed by atoms with Crippen LogP contribution in [0, 0.1) is 6.92 Å². The molecule has 3 rings (SSSR count). The molecule has 0 saturated carbocycles. The molecular weight excluding hydrogens is 306 g/mol. The fourth-order valence-electron chi connectivity index (χ4n) is 2.21. The number of para-hydroxylation sites is 1. The fourth-order valence-corrected chi connectivity index (χ4v) is 2.21. The molecule has 0 aliphatic rings. The molecule has 122 valence electrons. The summed E-state index contributed by atoms with van der Waals surface area (Å²) in [5, 5.41) is 10.5. The van der Waals surface area contributed by atoms with Gasteiger partial charge in [0.15, 0.2) is 0 Å². The van der Waals surface area contributed by atoms with Crippen LogP contribution < -0.4 is 10.1 Å². The molecule has 1 amide bonds. The van der Waals surface area contributed by atoms with E-state index in [0.29, 0.717) is 17.9 Å². The molecule has 0 aliphatic carbocycles. The standard InChI is InChI=1S/C18H17N3O3/c1-12-7-9-13(10-8-12)11-19-16(22)18-21-20-17(24-18)14-5-3-4-6-15(14)23-2/h3-10H,11H2,1-2H3,(H,19,22). The lowest BCUT2D eigenvalue weighted by Gasteiger charge is -2.04. The van der Waals surface area contributed by atoms with Crippen LogP contribution >= 0.6 is 0 Å².